The quantitative estimate of drug-likeness (QED) is 0.594. The molecule has 0 saturated heterocycles. The summed E-state index contributed by atoms with van der Waals surface area (Å²) in [5.74, 6) is 1.81. The lowest BCUT2D eigenvalue weighted by atomic mass is 10.1. The predicted octanol–water partition coefficient (Wildman–Crippen LogP) is 4.19. The maximum atomic E-state index is 6.10. The van der Waals surface area contributed by atoms with Crippen LogP contribution in [0.25, 0.3) is 22.5 Å². The number of aromatic nitrogens is 4. The summed E-state index contributed by atoms with van der Waals surface area (Å²) in [5, 5.41) is 4.78. The standard InChI is InChI=1S/C21H18N4O/c1-14-22-11-20(23-14)16-7-8-17-12-25-18(13-26-21(17)9-16)10-19(24-25)15-5-3-2-4-6-15/h2-11H,12-13H2,1H3,(H,22,23). The minimum absolute atomic E-state index is 0.512. The van der Waals surface area contributed by atoms with E-state index in [1.54, 1.807) is 0 Å². The molecule has 5 heteroatoms. The topological polar surface area (TPSA) is 55.7 Å². The molecule has 5 rings (SSSR count). The van der Waals surface area contributed by atoms with Crippen molar-refractivity contribution >= 4 is 0 Å². The van der Waals surface area contributed by atoms with Crippen molar-refractivity contribution in [3.8, 4) is 28.3 Å². The number of ether oxygens (including phenoxy) is 1. The van der Waals surface area contributed by atoms with Crippen LogP contribution in [0.15, 0.2) is 60.8 Å². The number of nitrogens with one attached hydrogen (secondary N) is 1. The largest absolute Gasteiger partial charge is 0.487 e. The first kappa shape index (κ1) is 15.0. The predicted molar refractivity (Wildman–Crippen MR) is 99.9 cm³/mol. The van der Waals surface area contributed by atoms with E-state index in [0.717, 1.165) is 45.3 Å². The van der Waals surface area contributed by atoms with Crippen LogP contribution < -0.4 is 4.74 Å². The molecular weight excluding hydrogens is 324 g/mol. The van der Waals surface area contributed by atoms with Crippen LogP contribution in [0.1, 0.15) is 17.1 Å². The first-order valence-corrected chi connectivity index (χ1v) is 8.66. The van der Waals surface area contributed by atoms with Gasteiger partial charge < -0.3 is 9.72 Å². The van der Waals surface area contributed by atoms with Gasteiger partial charge in [-0.2, -0.15) is 5.10 Å². The lowest BCUT2D eigenvalue weighted by Gasteiger charge is -2.08. The summed E-state index contributed by atoms with van der Waals surface area (Å²) >= 11 is 0. The van der Waals surface area contributed by atoms with E-state index >= 15 is 0 Å². The molecule has 3 heterocycles. The van der Waals surface area contributed by atoms with E-state index in [-0.39, 0.29) is 0 Å². The summed E-state index contributed by atoms with van der Waals surface area (Å²) in [4.78, 5) is 7.54. The molecule has 128 valence electrons. The Kier molecular flexibility index (Phi) is 3.38. The van der Waals surface area contributed by atoms with Crippen molar-refractivity contribution in [2.24, 2.45) is 0 Å². The summed E-state index contributed by atoms with van der Waals surface area (Å²) in [6, 6.07) is 18.6. The summed E-state index contributed by atoms with van der Waals surface area (Å²) in [7, 11) is 0. The molecule has 0 radical (unpaired) electrons. The Morgan fingerprint density at radius 1 is 1.04 bits per heavy atom. The molecule has 0 aliphatic carbocycles. The second-order valence-corrected chi connectivity index (χ2v) is 6.54. The highest BCUT2D eigenvalue weighted by atomic mass is 16.5. The van der Waals surface area contributed by atoms with Gasteiger partial charge in [0.2, 0.25) is 0 Å². The molecule has 0 saturated carbocycles. The van der Waals surface area contributed by atoms with Gasteiger partial charge in [-0.15, -0.1) is 0 Å². The Balaban J connectivity index is 1.48. The van der Waals surface area contributed by atoms with Crippen LogP contribution in [-0.4, -0.2) is 19.7 Å². The van der Waals surface area contributed by atoms with E-state index in [9.17, 15) is 0 Å². The number of imidazole rings is 1. The van der Waals surface area contributed by atoms with Crippen molar-refractivity contribution in [1.82, 2.24) is 19.7 Å². The molecule has 1 N–H and O–H groups in total. The van der Waals surface area contributed by atoms with Crippen LogP contribution in [-0.2, 0) is 13.2 Å². The van der Waals surface area contributed by atoms with E-state index in [0.29, 0.717) is 13.2 Å². The number of rotatable bonds is 2. The zero-order valence-electron chi connectivity index (χ0n) is 14.4. The number of fused-ring (bicyclic) bond motifs is 2. The first-order valence-electron chi connectivity index (χ1n) is 8.66. The molecule has 0 bridgehead atoms. The Morgan fingerprint density at radius 3 is 2.73 bits per heavy atom. The lowest BCUT2D eigenvalue weighted by Crippen LogP contribution is -2.03. The molecule has 2 aromatic heterocycles. The van der Waals surface area contributed by atoms with Crippen molar-refractivity contribution in [3.63, 3.8) is 0 Å². The van der Waals surface area contributed by atoms with E-state index in [2.05, 4.69) is 46.4 Å². The molecule has 0 unspecified atom stereocenters. The minimum Gasteiger partial charge on any atom is -0.487 e. The molecule has 0 fully saturated rings. The molecule has 0 spiro atoms. The van der Waals surface area contributed by atoms with Crippen LogP contribution in [0.5, 0.6) is 5.75 Å². The molecule has 26 heavy (non-hydrogen) atoms. The van der Waals surface area contributed by atoms with Crippen LogP contribution in [0.4, 0.5) is 0 Å². The molecule has 1 aliphatic heterocycles. The average molecular weight is 342 g/mol. The molecule has 5 nitrogen and oxygen atoms in total. The fourth-order valence-corrected chi connectivity index (χ4v) is 3.33. The van der Waals surface area contributed by atoms with Crippen molar-refractivity contribution in [3.05, 3.63) is 77.9 Å². The Labute approximate surface area is 151 Å². The van der Waals surface area contributed by atoms with Gasteiger partial charge in [-0.3, -0.25) is 4.68 Å². The van der Waals surface area contributed by atoms with Gasteiger partial charge in [-0.05, 0) is 19.1 Å². The fourth-order valence-electron chi connectivity index (χ4n) is 3.33. The number of hydrogen-bond acceptors (Lipinski definition) is 3. The van der Waals surface area contributed by atoms with Gasteiger partial charge >= 0.3 is 0 Å². The van der Waals surface area contributed by atoms with Gasteiger partial charge in [0.15, 0.2) is 0 Å². The molecule has 0 atom stereocenters. The summed E-state index contributed by atoms with van der Waals surface area (Å²) < 4.78 is 8.13. The second-order valence-electron chi connectivity index (χ2n) is 6.54. The lowest BCUT2D eigenvalue weighted by molar-refractivity contribution is 0.302. The number of benzene rings is 2. The van der Waals surface area contributed by atoms with Crippen molar-refractivity contribution < 1.29 is 4.74 Å². The fraction of sp³-hybridized carbons (Fsp3) is 0.143. The van der Waals surface area contributed by atoms with Gasteiger partial charge in [0.25, 0.3) is 0 Å². The van der Waals surface area contributed by atoms with Crippen LogP contribution >= 0.6 is 0 Å². The summed E-state index contributed by atoms with van der Waals surface area (Å²) in [6.07, 6.45) is 1.85. The van der Waals surface area contributed by atoms with Crippen molar-refractivity contribution in [2.75, 3.05) is 0 Å². The number of hydrogen-bond donors (Lipinski definition) is 1. The monoisotopic (exact) mass is 342 g/mol. The first-order chi connectivity index (χ1) is 12.8. The minimum atomic E-state index is 0.512. The van der Waals surface area contributed by atoms with Crippen LogP contribution in [0.2, 0.25) is 0 Å². The number of H-pyrrole nitrogens is 1. The smallest absolute Gasteiger partial charge is 0.130 e. The van der Waals surface area contributed by atoms with Gasteiger partial charge in [0, 0.05) is 16.7 Å². The normalized spacial score (nSPS) is 12.8. The van der Waals surface area contributed by atoms with Gasteiger partial charge in [0.1, 0.15) is 18.2 Å². The van der Waals surface area contributed by atoms with Crippen molar-refractivity contribution in [2.45, 2.75) is 20.1 Å². The Hall–Kier alpha value is -3.34. The third-order valence-electron chi connectivity index (χ3n) is 4.71. The van der Waals surface area contributed by atoms with E-state index in [1.807, 2.05) is 36.0 Å². The van der Waals surface area contributed by atoms with E-state index in [1.165, 1.54) is 0 Å². The van der Waals surface area contributed by atoms with Gasteiger partial charge in [0.05, 0.1) is 29.8 Å². The summed E-state index contributed by atoms with van der Waals surface area (Å²) in [6.45, 7) is 3.17. The van der Waals surface area contributed by atoms with E-state index < -0.39 is 0 Å². The average Bonchev–Trinajstić information content (AvgIpc) is 3.24. The maximum Gasteiger partial charge on any atom is 0.130 e. The SMILES string of the molecule is Cc1ncc(-c2ccc3c(c2)OCc2cc(-c4ccccc4)nn2C3)[nH]1. The zero-order valence-corrected chi connectivity index (χ0v) is 14.4. The zero-order chi connectivity index (χ0) is 17.5. The number of aromatic amines is 1. The molecule has 2 aromatic carbocycles. The van der Waals surface area contributed by atoms with Crippen LogP contribution in [0, 0.1) is 6.92 Å². The molecular formula is C21H18N4O. The van der Waals surface area contributed by atoms with Gasteiger partial charge in [-0.1, -0.05) is 42.5 Å². The van der Waals surface area contributed by atoms with Crippen molar-refractivity contribution in [1.29, 1.82) is 0 Å². The highest BCUT2D eigenvalue weighted by Gasteiger charge is 2.18. The van der Waals surface area contributed by atoms with Crippen LogP contribution in [0.3, 0.4) is 0 Å². The maximum absolute atomic E-state index is 6.10. The van der Waals surface area contributed by atoms with E-state index in [4.69, 9.17) is 9.84 Å². The highest BCUT2D eigenvalue weighted by molar-refractivity contribution is 5.63. The Morgan fingerprint density at radius 2 is 1.92 bits per heavy atom. The molecule has 4 aromatic rings. The Bertz CT molecular complexity index is 1080. The third-order valence-corrected chi connectivity index (χ3v) is 4.71. The van der Waals surface area contributed by atoms with Gasteiger partial charge in [-0.25, -0.2) is 4.98 Å². The third kappa shape index (κ3) is 2.58. The molecule has 0 amide bonds. The summed E-state index contributed by atoms with van der Waals surface area (Å²) in [5.41, 5.74) is 6.40. The molecule has 1 aliphatic rings. The number of nitrogens with zero attached hydrogens (tertiary/aromatic N) is 3. The highest BCUT2D eigenvalue weighted by Crippen LogP contribution is 2.31. The number of aryl methyl sites for hydroxylation is 1. The second kappa shape index (κ2) is 5.88.